The van der Waals surface area contributed by atoms with Crippen molar-refractivity contribution >= 4 is 35.0 Å². The number of aryl methyl sites for hydroxylation is 1. The molecule has 5 heteroatoms. The molecule has 4 rings (SSSR count). The monoisotopic (exact) mass is 416 g/mol. The van der Waals surface area contributed by atoms with E-state index in [9.17, 15) is 9.59 Å². The van der Waals surface area contributed by atoms with Crippen molar-refractivity contribution in [3.63, 3.8) is 0 Å². The minimum Gasteiger partial charge on any atom is -0.326 e. The minimum atomic E-state index is -0.0629. The summed E-state index contributed by atoms with van der Waals surface area (Å²) in [5.41, 5.74) is 6.06. The lowest BCUT2D eigenvalue weighted by atomic mass is 10.1. The van der Waals surface area contributed by atoms with Crippen molar-refractivity contribution in [2.45, 2.75) is 25.6 Å². The molecule has 3 aromatic carbocycles. The summed E-state index contributed by atoms with van der Waals surface area (Å²) < 4.78 is 0. The first-order valence-electron chi connectivity index (χ1n) is 9.96. The summed E-state index contributed by atoms with van der Waals surface area (Å²) in [6.45, 7) is 4.12. The summed E-state index contributed by atoms with van der Waals surface area (Å²) in [6, 6.07) is 23.6. The quantitative estimate of drug-likeness (QED) is 0.617. The predicted molar refractivity (Wildman–Crippen MR) is 124 cm³/mol. The molecular weight excluding hydrogens is 392 g/mol. The van der Waals surface area contributed by atoms with Crippen LogP contribution in [0.4, 0.5) is 11.4 Å². The Kier molecular flexibility index (Phi) is 5.91. The van der Waals surface area contributed by atoms with Crippen LogP contribution in [0.25, 0.3) is 0 Å². The number of hydrogen-bond acceptors (Lipinski definition) is 3. The molecule has 0 unspecified atom stereocenters. The van der Waals surface area contributed by atoms with Gasteiger partial charge < -0.3 is 5.32 Å². The van der Waals surface area contributed by atoms with Crippen molar-refractivity contribution < 1.29 is 9.59 Å². The van der Waals surface area contributed by atoms with E-state index in [1.165, 1.54) is 5.56 Å². The van der Waals surface area contributed by atoms with E-state index < -0.39 is 0 Å². The van der Waals surface area contributed by atoms with Gasteiger partial charge in [0, 0.05) is 11.4 Å². The van der Waals surface area contributed by atoms with Crippen LogP contribution in [0.3, 0.4) is 0 Å². The Labute approximate surface area is 181 Å². The molecule has 30 heavy (non-hydrogen) atoms. The smallest absolute Gasteiger partial charge is 0.238 e. The molecule has 1 fully saturated rings. The highest BCUT2D eigenvalue weighted by atomic mass is 32.2. The van der Waals surface area contributed by atoms with Crippen LogP contribution in [-0.4, -0.2) is 17.6 Å². The molecule has 0 aliphatic carbocycles. The van der Waals surface area contributed by atoms with Gasteiger partial charge in [0.2, 0.25) is 11.8 Å². The van der Waals surface area contributed by atoms with Crippen molar-refractivity contribution in [1.82, 2.24) is 0 Å². The number of anilines is 2. The van der Waals surface area contributed by atoms with Gasteiger partial charge in [0.05, 0.1) is 12.2 Å². The molecule has 152 valence electrons. The van der Waals surface area contributed by atoms with E-state index in [0.717, 1.165) is 28.1 Å². The van der Waals surface area contributed by atoms with Gasteiger partial charge in [-0.25, -0.2) is 0 Å². The first-order chi connectivity index (χ1) is 14.5. The molecule has 1 atom stereocenters. The second kappa shape index (κ2) is 8.76. The molecule has 0 radical (unpaired) electrons. The van der Waals surface area contributed by atoms with Gasteiger partial charge in [-0.2, -0.15) is 0 Å². The van der Waals surface area contributed by atoms with Crippen molar-refractivity contribution in [2.75, 3.05) is 16.0 Å². The zero-order valence-electron chi connectivity index (χ0n) is 17.1. The van der Waals surface area contributed by atoms with Crippen LogP contribution in [0.2, 0.25) is 0 Å². The zero-order chi connectivity index (χ0) is 21.1. The number of carbonyl (C=O) groups excluding carboxylic acids is 2. The number of benzene rings is 3. The molecule has 0 bridgehead atoms. The topological polar surface area (TPSA) is 49.4 Å². The first-order valence-corrected chi connectivity index (χ1v) is 11.0. The highest BCUT2D eigenvalue weighted by Crippen LogP contribution is 2.43. The molecule has 4 nitrogen and oxygen atoms in total. The maximum absolute atomic E-state index is 12.7. The van der Waals surface area contributed by atoms with E-state index in [0.29, 0.717) is 12.2 Å². The maximum Gasteiger partial charge on any atom is 0.238 e. The van der Waals surface area contributed by atoms with Gasteiger partial charge in [-0.3, -0.25) is 14.5 Å². The Morgan fingerprint density at radius 3 is 2.47 bits per heavy atom. The van der Waals surface area contributed by atoms with Gasteiger partial charge in [-0.05, 0) is 54.3 Å². The van der Waals surface area contributed by atoms with Crippen molar-refractivity contribution in [3.8, 4) is 0 Å². The van der Waals surface area contributed by atoms with Gasteiger partial charge >= 0.3 is 0 Å². The summed E-state index contributed by atoms with van der Waals surface area (Å²) in [6.07, 6.45) is 0.343. The van der Waals surface area contributed by atoms with Crippen molar-refractivity contribution in [2.24, 2.45) is 0 Å². The maximum atomic E-state index is 12.7. The van der Waals surface area contributed by atoms with Crippen LogP contribution < -0.4 is 10.2 Å². The fraction of sp³-hybridized carbons (Fsp3) is 0.200. The number of thioether (sulfide) groups is 1. The zero-order valence-corrected chi connectivity index (χ0v) is 17.9. The molecule has 1 N–H and O–H groups in total. The fourth-order valence-electron chi connectivity index (χ4n) is 3.65. The predicted octanol–water partition coefficient (Wildman–Crippen LogP) is 5.26. The van der Waals surface area contributed by atoms with Gasteiger partial charge in [0.1, 0.15) is 5.37 Å². The summed E-state index contributed by atoms with van der Waals surface area (Å²) >= 11 is 1.63. The molecule has 1 aliphatic heterocycles. The molecule has 0 saturated carbocycles. The molecule has 1 heterocycles. The summed E-state index contributed by atoms with van der Waals surface area (Å²) in [5, 5.41) is 2.89. The summed E-state index contributed by atoms with van der Waals surface area (Å²) in [5.74, 6) is 0.545. The number of nitrogens with one attached hydrogen (secondary N) is 1. The van der Waals surface area contributed by atoms with E-state index >= 15 is 0 Å². The number of nitrogens with zero attached hydrogens (tertiary/aromatic N) is 1. The van der Waals surface area contributed by atoms with E-state index in [-0.39, 0.29) is 17.2 Å². The van der Waals surface area contributed by atoms with Crippen LogP contribution in [0.15, 0.2) is 72.8 Å². The van der Waals surface area contributed by atoms with Gasteiger partial charge in [-0.15, -0.1) is 11.8 Å². The highest BCUT2D eigenvalue weighted by Gasteiger charge is 2.34. The fourth-order valence-corrected chi connectivity index (χ4v) is 4.81. The third-order valence-electron chi connectivity index (χ3n) is 5.39. The Hall–Kier alpha value is -3.05. The molecule has 3 aromatic rings. The third kappa shape index (κ3) is 4.26. The Morgan fingerprint density at radius 2 is 1.73 bits per heavy atom. The summed E-state index contributed by atoms with van der Waals surface area (Å²) in [4.78, 5) is 26.9. The lowest BCUT2D eigenvalue weighted by Gasteiger charge is -2.26. The first kappa shape index (κ1) is 20.2. The van der Waals surface area contributed by atoms with E-state index in [1.807, 2.05) is 71.6 Å². The third-order valence-corrected chi connectivity index (χ3v) is 6.60. The van der Waals surface area contributed by atoms with Crippen LogP contribution in [0.1, 0.15) is 27.6 Å². The molecule has 2 amide bonds. The SMILES string of the molecule is Cc1cccc(N2C(=O)CS[C@H]2c2ccc(NC(=O)Cc3ccccc3)cc2)c1C. The molecular formula is C25H24N2O2S. The van der Waals surface area contributed by atoms with Crippen LogP contribution in [0.5, 0.6) is 0 Å². The number of carbonyl (C=O) groups is 2. The minimum absolute atomic E-state index is 0.0450. The Bertz CT molecular complexity index is 1060. The normalized spacial score (nSPS) is 16.0. The van der Waals surface area contributed by atoms with Gasteiger partial charge in [-0.1, -0.05) is 54.6 Å². The molecule has 1 saturated heterocycles. The van der Waals surface area contributed by atoms with Crippen LogP contribution >= 0.6 is 11.8 Å². The van der Waals surface area contributed by atoms with Crippen molar-refractivity contribution in [3.05, 3.63) is 95.1 Å². The number of hydrogen-bond donors (Lipinski definition) is 1. The molecule has 0 spiro atoms. The highest BCUT2D eigenvalue weighted by molar-refractivity contribution is 8.00. The average molecular weight is 417 g/mol. The van der Waals surface area contributed by atoms with E-state index in [1.54, 1.807) is 11.8 Å². The van der Waals surface area contributed by atoms with E-state index in [2.05, 4.69) is 25.2 Å². The van der Waals surface area contributed by atoms with Gasteiger partial charge in [0.25, 0.3) is 0 Å². The van der Waals surface area contributed by atoms with E-state index in [4.69, 9.17) is 0 Å². The summed E-state index contributed by atoms with van der Waals surface area (Å²) in [7, 11) is 0. The van der Waals surface area contributed by atoms with Gasteiger partial charge in [0.15, 0.2) is 0 Å². The molecule has 0 aromatic heterocycles. The lowest BCUT2D eigenvalue weighted by Crippen LogP contribution is -2.28. The van der Waals surface area contributed by atoms with Crippen LogP contribution in [-0.2, 0) is 16.0 Å². The Morgan fingerprint density at radius 1 is 1.00 bits per heavy atom. The van der Waals surface area contributed by atoms with Crippen molar-refractivity contribution in [1.29, 1.82) is 0 Å². The molecule has 1 aliphatic rings. The standard InChI is InChI=1S/C25H24N2O2S/c1-17-7-6-10-22(18(17)2)27-24(29)16-30-25(27)20-11-13-21(14-12-20)26-23(28)15-19-8-4-3-5-9-19/h3-14,25H,15-16H2,1-2H3,(H,26,28)/t25-/m0/s1. The largest absolute Gasteiger partial charge is 0.326 e. The Balaban J connectivity index is 1.49. The average Bonchev–Trinajstić information content (AvgIpc) is 3.12. The number of amides is 2. The number of rotatable bonds is 5. The lowest BCUT2D eigenvalue weighted by molar-refractivity contribution is -0.116. The second-order valence-corrected chi connectivity index (χ2v) is 8.55. The second-order valence-electron chi connectivity index (χ2n) is 7.48. The van der Waals surface area contributed by atoms with Crippen LogP contribution in [0, 0.1) is 13.8 Å².